The first-order chi connectivity index (χ1) is 49.2. The third kappa shape index (κ3) is 2220. The maximum atomic E-state index is 10.6. The fourth-order valence-corrected chi connectivity index (χ4v) is 2.44. The maximum Gasteiger partial charge on any atom is 0.365 e. The summed E-state index contributed by atoms with van der Waals surface area (Å²) in [5.41, 5.74) is 0.973. The highest BCUT2D eigenvalue weighted by Gasteiger charge is 2.20. The van der Waals surface area contributed by atoms with Gasteiger partial charge in [-0.3, -0.25) is 0 Å². The Balaban J connectivity index is -0.00000000834. The molecule has 0 atom stereocenters. The molecular formula is C8H11ClF86N2O2S. The first kappa shape index (κ1) is 314. The van der Waals surface area contributed by atoms with E-state index >= 15 is 0 Å². The predicted octanol–water partition coefficient (Wildman–Crippen LogP) is 37.4. The molecule has 0 saturated carbocycles. The van der Waals surface area contributed by atoms with Crippen LogP contribution in [0.15, 0.2) is 0 Å². The summed E-state index contributed by atoms with van der Waals surface area (Å²) in [5, 5.41) is 8.96. The molecule has 1 aliphatic heterocycles. The molecule has 100 heavy (non-hydrogen) atoms. The quantitative estimate of drug-likeness (QED) is 0.285. The molecule has 0 saturated heterocycles. The maximum absolute atomic E-state index is 10.6. The van der Waals surface area contributed by atoms with Gasteiger partial charge in [-0.05, 0) is 7.05 Å². The molecule has 1 aromatic heterocycles. The zero-order valence-electron chi connectivity index (χ0n) is 40.2. The van der Waals surface area contributed by atoms with Crippen molar-refractivity contribution in [3.8, 4) is 0 Å². The zero-order chi connectivity index (χ0) is 95.4. The highest BCUT2D eigenvalue weighted by atomic mass is 35.5. The summed E-state index contributed by atoms with van der Waals surface area (Å²) in [6, 6.07) is 0. The van der Waals surface area contributed by atoms with Crippen molar-refractivity contribution >= 4 is 29.7 Å². The number of hydrogen-bond acceptors (Lipinski definition) is 4. The van der Waals surface area contributed by atoms with Crippen molar-refractivity contribution in [3.05, 3.63) is 15.6 Å². The lowest BCUT2D eigenvalue weighted by molar-refractivity contribution is 0.0696. The van der Waals surface area contributed by atoms with E-state index in [1.807, 2.05) is 7.05 Å². The number of likely N-dealkylation sites (N-methyl/N-ethyl adjacent to an activating group) is 1. The normalized spacial score (nSPS) is 4.79. The number of carboxylic acids is 1. The Hall–Kier alpha value is -6.67. The van der Waals surface area contributed by atoms with Gasteiger partial charge in [0.2, 0.25) is 5.01 Å². The van der Waals surface area contributed by atoms with E-state index < -0.39 is 5.97 Å². The Labute approximate surface area is 487 Å². The van der Waals surface area contributed by atoms with E-state index in [1.165, 1.54) is 11.3 Å². The number of carbonyl (C=O) groups is 1. The summed E-state index contributed by atoms with van der Waals surface area (Å²) in [4.78, 5) is 18.0. The van der Waals surface area contributed by atoms with Gasteiger partial charge >= 0.3 is 5.97 Å². The van der Waals surface area contributed by atoms with Gasteiger partial charge in [0.15, 0.2) is 0 Å². The van der Waals surface area contributed by atoms with E-state index in [4.69, 9.17) is 398 Å². The smallest absolute Gasteiger partial charge is 0.365 e. The standard InChI is InChI=1S/C8H10N2O2S.ClH.43F2/c1-10-3-2-5-6(4-10)13-7(9-5)8(11)12;;43*1-2/h2-4H2,1H3,(H,11,12);1H;;;;;;;;;;;;;;;;;;;;;;;;;;;;;;;;;;;;;;;;;;;. The highest BCUT2D eigenvalue weighted by molar-refractivity contribution is 7.13. The Morgan fingerprint density at radius 3 is 0.440 bits per heavy atom. The Morgan fingerprint density at radius 2 is 0.350 bits per heavy atom. The van der Waals surface area contributed by atoms with Gasteiger partial charge in [0.1, 0.15) is 0 Å². The van der Waals surface area contributed by atoms with Crippen LogP contribution in [0.2, 0.25) is 0 Å². The number of aromatic nitrogens is 1. The molecule has 0 fully saturated rings. The molecule has 0 aliphatic carbocycles. The summed E-state index contributed by atoms with van der Waals surface area (Å²) in [7, 11) is 2.03. The SMILES string of the molecule is CN1CCc2nc(C(=O)O)sc2C1.Cl.FF.FF.FF.FF.FF.FF.FF.FF.FF.FF.FF.FF.FF.FF.FF.FF.FF.FF.FF.FF.FF.FF.FF.FF.FF.FF.FF.FF.FF.FF.FF.FF.FF.FF.FF.FF.FF.FF.FF.FF.FF.FF.FF. The van der Waals surface area contributed by atoms with Gasteiger partial charge in [0.05, 0.1) is 5.69 Å². The van der Waals surface area contributed by atoms with E-state index in [2.05, 4.69) is 9.88 Å². The molecule has 1 aromatic rings. The van der Waals surface area contributed by atoms with E-state index in [0.717, 1.165) is 30.1 Å². The average Bonchev–Trinajstić information content (AvgIpc) is 3.81. The molecule has 2 heterocycles. The first-order valence-electron chi connectivity index (χ1n) is 10.2. The molecule has 0 radical (unpaired) electrons. The first-order valence-corrected chi connectivity index (χ1v) is 11.0. The summed E-state index contributed by atoms with van der Waals surface area (Å²) >= 11 is 1.29. The topological polar surface area (TPSA) is 53.4 Å². The largest absolute Gasteiger partial charge is 0.476 e. The predicted molar refractivity (Wildman–Crippen MR) is 152 cm³/mol. The number of nitrogens with zero attached hydrogens (tertiary/aromatic N) is 2. The van der Waals surface area contributed by atoms with E-state index in [1.54, 1.807) is 0 Å². The number of halogens is 87. The molecule has 0 spiro atoms. The molecule has 0 aromatic carbocycles. The number of carboxylic acid groups (broad SMARTS) is 1. The molecule has 1 N–H and O–H groups in total. The Morgan fingerprint density at radius 1 is 0.250 bits per heavy atom. The van der Waals surface area contributed by atoms with Crippen LogP contribution in [0.25, 0.3) is 0 Å². The second kappa shape index (κ2) is 4330. The van der Waals surface area contributed by atoms with Gasteiger partial charge in [-0.15, -0.1) is 23.7 Å². The van der Waals surface area contributed by atoms with Crippen LogP contribution in [0.1, 0.15) is 20.4 Å². The lowest BCUT2D eigenvalue weighted by atomic mass is 10.2. The molecular weight excluding hydrogens is 1860 g/mol. The number of rotatable bonds is 1. The van der Waals surface area contributed by atoms with E-state index in [9.17, 15) is 4.79 Å². The van der Waals surface area contributed by atoms with Gasteiger partial charge in [0.25, 0.3) is 0 Å². The van der Waals surface area contributed by atoms with Crippen molar-refractivity contribution in [3.63, 3.8) is 0 Å². The molecule has 0 bridgehead atoms. The minimum atomic E-state index is -0.915. The van der Waals surface area contributed by atoms with Crippen molar-refractivity contribution in [2.75, 3.05) is 13.6 Å². The molecule has 0 amide bonds. The van der Waals surface area contributed by atoms with Crippen molar-refractivity contribution in [2.24, 2.45) is 0 Å². The molecule has 4 nitrogen and oxygen atoms in total. The van der Waals surface area contributed by atoms with Crippen molar-refractivity contribution in [1.82, 2.24) is 9.88 Å². The lowest BCUT2D eigenvalue weighted by Gasteiger charge is -2.20. The van der Waals surface area contributed by atoms with Crippen LogP contribution in [-0.2, 0) is 13.0 Å². The molecule has 1 aliphatic rings. The third-order valence-electron chi connectivity index (χ3n) is 2.11. The van der Waals surface area contributed by atoms with Crippen LogP contribution in [0.3, 0.4) is 0 Å². The highest BCUT2D eigenvalue weighted by Crippen LogP contribution is 2.24. The van der Waals surface area contributed by atoms with Crippen LogP contribution in [-0.4, -0.2) is 34.6 Å². The average molecular weight is 1870 g/mol. The van der Waals surface area contributed by atoms with Crippen LogP contribution >= 0.6 is 23.7 Å². The minimum Gasteiger partial charge on any atom is -0.476 e. The summed E-state index contributed by atoms with van der Waals surface area (Å²) in [5.74, 6) is -0.915. The van der Waals surface area contributed by atoms with Gasteiger partial charge < -0.3 is 10.0 Å². The lowest BCUT2D eigenvalue weighted by Crippen LogP contribution is -2.25. The summed E-state index contributed by atoms with van der Waals surface area (Å²) in [6.45, 7) is 1.80. The van der Waals surface area contributed by atoms with Crippen LogP contribution < -0.4 is 0 Å². The fraction of sp³-hybridized carbons (Fsp3) is 0.500. The fourth-order valence-electron chi connectivity index (χ4n) is 1.41. The van der Waals surface area contributed by atoms with Crippen LogP contribution in [0, 0.1) is 0 Å². The molecule has 2 rings (SSSR count). The summed E-state index contributed by atoms with van der Waals surface area (Å²) < 4.78 is 688. The van der Waals surface area contributed by atoms with Gasteiger partial charge in [-0.2, -0.15) is 0 Å². The van der Waals surface area contributed by atoms with E-state index in [0.29, 0.717) is 0 Å². The second-order valence-electron chi connectivity index (χ2n) is 3.18. The zero-order valence-corrected chi connectivity index (χ0v) is 41.8. The van der Waals surface area contributed by atoms with Crippen molar-refractivity contribution in [2.45, 2.75) is 13.0 Å². The second-order valence-corrected chi connectivity index (χ2v) is 4.27. The third-order valence-corrected chi connectivity index (χ3v) is 3.18. The van der Waals surface area contributed by atoms with Crippen molar-refractivity contribution in [1.29, 1.82) is 0 Å². The van der Waals surface area contributed by atoms with Gasteiger partial charge in [-0.25, -0.2) is 9.78 Å². The summed E-state index contributed by atoms with van der Waals surface area (Å²) in [6.07, 6.45) is 0.871. The minimum absolute atomic E-state index is 0. The van der Waals surface area contributed by atoms with E-state index in [-0.39, 0.29) is 17.4 Å². The molecule has 680 valence electrons. The van der Waals surface area contributed by atoms with Gasteiger partial charge in [0, 0.05) is 418 Å². The Kier molecular flexibility index (Phi) is 13600. The molecule has 92 heteroatoms. The van der Waals surface area contributed by atoms with Crippen molar-refractivity contribution < 1.29 is 403 Å². The number of aromatic carboxylic acids is 1. The molecule has 0 unspecified atom stereocenters. The number of fused-ring (bicyclic) bond motifs is 1. The van der Waals surface area contributed by atoms with Crippen LogP contribution in [0.5, 0.6) is 0 Å². The van der Waals surface area contributed by atoms with Gasteiger partial charge in [-0.1, -0.05) is 0 Å². The number of hydrogen-bond donors (Lipinski definition) is 1. The number of thiazole rings is 1. The Bertz CT molecular complexity index is 412. The monoisotopic (exact) mass is 1870 g/mol. The van der Waals surface area contributed by atoms with Crippen LogP contribution in [0.4, 0.5) is 393 Å².